The van der Waals surface area contributed by atoms with Gasteiger partial charge in [-0.15, -0.1) is 35.3 Å². The highest BCUT2D eigenvalue weighted by atomic mass is 35.5. The quantitative estimate of drug-likeness (QED) is 0.0263. The third kappa shape index (κ3) is 42.5. The maximum atomic E-state index is 12.6. The topological polar surface area (TPSA) is 43.1 Å². The standard InChI is InChI=1S/C52H99Cl2NO2S3/c1-4-7-10-13-16-19-22-25-28-31-34-37-40-43-46-58-51(54)49(53)50(55(56)57)52(59-47-44-41-38-35-32-29-26-23-20-17-14-11-8-5-2)60-48-45-42-39-36-33-30-27-24-21-18-15-12-9-6-3/h4-48H2,1-3H3/b51-49-. The molecule has 0 atom stereocenters. The van der Waals surface area contributed by atoms with Crippen molar-refractivity contribution in [3.63, 3.8) is 0 Å². The summed E-state index contributed by atoms with van der Waals surface area (Å²) in [7, 11) is 0. The Morgan fingerprint density at radius 1 is 0.350 bits per heavy atom. The van der Waals surface area contributed by atoms with Crippen molar-refractivity contribution < 1.29 is 4.92 Å². The zero-order chi connectivity index (χ0) is 43.8. The smallest absolute Gasteiger partial charge is 0.258 e. The van der Waals surface area contributed by atoms with Gasteiger partial charge in [0.05, 0.1) is 9.29 Å². The minimum absolute atomic E-state index is 0.0286. The second kappa shape index (κ2) is 50.5. The van der Waals surface area contributed by atoms with Gasteiger partial charge in [0, 0.05) is 0 Å². The number of nitrogens with zero attached hydrogens (tertiary/aromatic N) is 1. The van der Waals surface area contributed by atoms with Crippen LogP contribution in [-0.4, -0.2) is 22.2 Å². The summed E-state index contributed by atoms with van der Waals surface area (Å²) in [5, 5.41) is 12.7. The van der Waals surface area contributed by atoms with E-state index in [0.717, 1.165) is 40.8 Å². The minimum Gasteiger partial charge on any atom is -0.258 e. The summed E-state index contributed by atoms with van der Waals surface area (Å²) < 4.78 is 1.13. The van der Waals surface area contributed by atoms with Crippen LogP contribution in [-0.2, 0) is 0 Å². The number of nitro groups is 1. The molecule has 8 heteroatoms. The molecule has 60 heavy (non-hydrogen) atoms. The van der Waals surface area contributed by atoms with Crippen molar-refractivity contribution in [2.45, 2.75) is 290 Å². The van der Waals surface area contributed by atoms with E-state index in [9.17, 15) is 10.1 Å². The van der Waals surface area contributed by atoms with Gasteiger partial charge in [-0.1, -0.05) is 294 Å². The number of unbranched alkanes of at least 4 members (excludes halogenated alkanes) is 39. The molecule has 0 unspecified atom stereocenters. The van der Waals surface area contributed by atoms with Crippen LogP contribution in [0.5, 0.6) is 0 Å². The van der Waals surface area contributed by atoms with Crippen molar-refractivity contribution in [1.29, 1.82) is 0 Å². The Labute approximate surface area is 398 Å². The maximum Gasteiger partial charge on any atom is 0.309 e. The average molecular weight is 937 g/mol. The van der Waals surface area contributed by atoms with Gasteiger partial charge in [0.2, 0.25) is 0 Å². The van der Waals surface area contributed by atoms with Crippen LogP contribution in [0.15, 0.2) is 19.3 Å². The lowest BCUT2D eigenvalue weighted by Gasteiger charge is -2.10. The van der Waals surface area contributed by atoms with E-state index >= 15 is 0 Å². The number of thioether (sulfide) groups is 3. The fourth-order valence-electron chi connectivity index (χ4n) is 7.96. The van der Waals surface area contributed by atoms with Gasteiger partial charge < -0.3 is 0 Å². The van der Waals surface area contributed by atoms with E-state index in [0.29, 0.717) is 4.36 Å². The lowest BCUT2D eigenvalue weighted by atomic mass is 10.0. The Kier molecular flexibility index (Phi) is 50.9. The van der Waals surface area contributed by atoms with Crippen molar-refractivity contribution in [2.75, 3.05) is 17.3 Å². The first kappa shape index (κ1) is 60.5. The molecular weight excluding hydrogens is 838 g/mol. The van der Waals surface area contributed by atoms with Gasteiger partial charge in [0.1, 0.15) is 9.27 Å². The van der Waals surface area contributed by atoms with Crippen LogP contribution in [0.4, 0.5) is 0 Å². The molecule has 0 aliphatic rings. The predicted molar refractivity (Wildman–Crippen MR) is 281 cm³/mol. The molecule has 0 saturated heterocycles. The Balaban J connectivity index is 4.73. The lowest BCUT2D eigenvalue weighted by molar-refractivity contribution is -0.419. The second-order valence-electron chi connectivity index (χ2n) is 17.8. The molecule has 0 bridgehead atoms. The Morgan fingerprint density at radius 2 is 0.550 bits per heavy atom. The largest absolute Gasteiger partial charge is 0.309 e. The SMILES string of the molecule is CCCCCCCCCCCCCCCCSC(SCCCCCCCCCCCCCCCC)=C(/C(Cl)=C(\Cl)SCCCCCCCCCCCCCCCC)[N+](=O)[O-]. The molecule has 3 nitrogen and oxygen atoms in total. The van der Waals surface area contributed by atoms with Crippen molar-refractivity contribution in [1.82, 2.24) is 0 Å². The molecule has 0 N–H and O–H groups in total. The summed E-state index contributed by atoms with van der Waals surface area (Å²) in [6, 6.07) is 0. The van der Waals surface area contributed by atoms with Crippen LogP contribution in [0.25, 0.3) is 0 Å². The zero-order valence-electron chi connectivity index (χ0n) is 40.1. The summed E-state index contributed by atoms with van der Waals surface area (Å²) >= 11 is 18.3. The normalized spacial score (nSPS) is 12.0. The van der Waals surface area contributed by atoms with Gasteiger partial charge >= 0.3 is 5.70 Å². The van der Waals surface area contributed by atoms with E-state index < -0.39 is 0 Å². The van der Waals surface area contributed by atoms with Crippen LogP contribution < -0.4 is 0 Å². The first-order valence-corrected chi connectivity index (χ1v) is 30.0. The highest BCUT2D eigenvalue weighted by Gasteiger charge is 2.26. The van der Waals surface area contributed by atoms with Crippen LogP contribution in [0.3, 0.4) is 0 Å². The highest BCUT2D eigenvalue weighted by molar-refractivity contribution is 8.22. The average Bonchev–Trinajstić information content (AvgIpc) is 3.24. The number of halogens is 2. The first-order valence-electron chi connectivity index (χ1n) is 26.3. The van der Waals surface area contributed by atoms with Crippen molar-refractivity contribution >= 4 is 58.5 Å². The van der Waals surface area contributed by atoms with Gasteiger partial charge in [0.15, 0.2) is 0 Å². The molecule has 0 rings (SSSR count). The van der Waals surface area contributed by atoms with Gasteiger partial charge in [-0.3, -0.25) is 10.1 Å². The molecule has 0 aromatic heterocycles. The summed E-state index contributed by atoms with van der Waals surface area (Å²) in [4.78, 5) is 12.3. The molecule has 0 aromatic carbocycles. The molecule has 0 aromatic rings. The van der Waals surface area contributed by atoms with Gasteiger partial charge in [-0.05, 0) is 36.5 Å². The minimum atomic E-state index is -0.274. The van der Waals surface area contributed by atoms with Crippen LogP contribution in [0.2, 0.25) is 0 Å². The molecule has 0 amide bonds. The third-order valence-corrected chi connectivity index (χ3v) is 16.6. The molecule has 0 saturated carbocycles. The first-order chi connectivity index (χ1) is 29.5. The van der Waals surface area contributed by atoms with Gasteiger partial charge in [-0.2, -0.15) is 0 Å². The molecule has 0 fully saturated rings. The molecule has 0 aliphatic heterocycles. The van der Waals surface area contributed by atoms with Crippen LogP contribution in [0, 0.1) is 10.1 Å². The van der Waals surface area contributed by atoms with Crippen LogP contribution >= 0.6 is 58.5 Å². The fraction of sp³-hybridized carbons (Fsp3) is 0.923. The van der Waals surface area contributed by atoms with E-state index in [-0.39, 0.29) is 15.7 Å². The fourth-order valence-corrected chi connectivity index (χ4v) is 12.0. The number of allylic oxidation sites excluding steroid dienone is 1. The zero-order valence-corrected chi connectivity index (χ0v) is 44.0. The lowest BCUT2D eigenvalue weighted by Crippen LogP contribution is -2.03. The van der Waals surface area contributed by atoms with Crippen molar-refractivity contribution in [3.8, 4) is 0 Å². The number of hydrogen-bond acceptors (Lipinski definition) is 5. The summed E-state index contributed by atoms with van der Waals surface area (Å²) in [5.74, 6) is 2.64. The second-order valence-corrected chi connectivity index (χ2v) is 22.4. The van der Waals surface area contributed by atoms with Gasteiger partial charge in [-0.25, -0.2) is 0 Å². The molecule has 356 valence electrons. The molecule has 0 aliphatic carbocycles. The van der Waals surface area contributed by atoms with Crippen molar-refractivity contribution in [3.05, 3.63) is 29.4 Å². The van der Waals surface area contributed by atoms with Crippen LogP contribution in [0.1, 0.15) is 290 Å². The molecule has 0 spiro atoms. The maximum absolute atomic E-state index is 12.6. The number of hydrogen-bond donors (Lipinski definition) is 0. The molecule has 0 radical (unpaired) electrons. The van der Waals surface area contributed by atoms with E-state index in [1.807, 2.05) is 0 Å². The predicted octanol–water partition coefficient (Wildman–Crippen LogP) is 21.7. The van der Waals surface area contributed by atoms with E-state index in [1.165, 1.54) is 262 Å². The molecule has 0 heterocycles. The Hall–Kier alpha value is 0.510. The highest BCUT2D eigenvalue weighted by Crippen LogP contribution is 2.41. The van der Waals surface area contributed by atoms with Crippen molar-refractivity contribution in [2.24, 2.45) is 0 Å². The number of rotatable bonds is 50. The Bertz CT molecular complexity index is 943. The monoisotopic (exact) mass is 936 g/mol. The Morgan fingerprint density at radius 3 is 0.767 bits per heavy atom. The summed E-state index contributed by atoms with van der Waals surface area (Å²) in [6.07, 6.45) is 56.0. The summed E-state index contributed by atoms with van der Waals surface area (Å²) in [5.41, 5.74) is 0.0286. The van der Waals surface area contributed by atoms with E-state index in [2.05, 4.69) is 20.8 Å². The summed E-state index contributed by atoms with van der Waals surface area (Å²) in [6.45, 7) is 6.85. The van der Waals surface area contributed by atoms with E-state index in [1.54, 1.807) is 23.5 Å². The molecular formula is C52H99Cl2NO2S3. The third-order valence-electron chi connectivity index (χ3n) is 11.9. The van der Waals surface area contributed by atoms with E-state index in [4.69, 9.17) is 23.2 Å². The van der Waals surface area contributed by atoms with Gasteiger partial charge in [0.25, 0.3) is 0 Å².